The summed E-state index contributed by atoms with van der Waals surface area (Å²) in [6.07, 6.45) is 5.10. The Bertz CT molecular complexity index is 953. The number of nitrogens with zero attached hydrogens (tertiary/aromatic N) is 4. The van der Waals surface area contributed by atoms with Gasteiger partial charge in [-0.25, -0.2) is 28.1 Å². The van der Waals surface area contributed by atoms with E-state index < -0.39 is 10.0 Å². The third-order valence-corrected chi connectivity index (χ3v) is 7.16. The summed E-state index contributed by atoms with van der Waals surface area (Å²) in [4.78, 5) is 18.0. The molecule has 3 aromatic heterocycles. The Morgan fingerprint density at radius 2 is 2.28 bits per heavy atom. The molecule has 1 fully saturated rings. The summed E-state index contributed by atoms with van der Waals surface area (Å²) in [5.74, 6) is 1.06. The third kappa shape index (κ3) is 3.37. The van der Waals surface area contributed by atoms with Crippen LogP contribution in [-0.4, -0.2) is 48.0 Å². The van der Waals surface area contributed by atoms with Crippen LogP contribution >= 0.6 is 11.3 Å². The van der Waals surface area contributed by atoms with E-state index in [4.69, 9.17) is 0 Å². The fraction of sp³-hybridized carbons (Fsp3) is 0.400. The van der Waals surface area contributed by atoms with Crippen molar-refractivity contribution in [2.45, 2.75) is 17.1 Å². The lowest BCUT2D eigenvalue weighted by atomic mass is 9.98. The minimum Gasteiger partial charge on any atom is -0.354 e. The maximum Gasteiger partial charge on any atom is 0.250 e. The summed E-state index contributed by atoms with van der Waals surface area (Å²) in [5.41, 5.74) is 1.47. The Kier molecular flexibility index (Phi) is 4.40. The summed E-state index contributed by atoms with van der Waals surface area (Å²) < 4.78 is 27.7. The number of nitrogens with one attached hydrogen (secondary N) is 2. The molecular weight excluding hydrogens is 360 g/mol. The molecule has 1 saturated heterocycles. The average Bonchev–Trinajstić information content (AvgIpc) is 3.31. The van der Waals surface area contributed by atoms with Gasteiger partial charge in [-0.3, -0.25) is 0 Å². The van der Waals surface area contributed by atoms with Gasteiger partial charge in [0, 0.05) is 19.6 Å². The summed E-state index contributed by atoms with van der Waals surface area (Å²) >= 11 is 1.23. The van der Waals surface area contributed by atoms with Gasteiger partial charge < -0.3 is 9.88 Å². The van der Waals surface area contributed by atoms with Gasteiger partial charge in [-0.05, 0) is 30.2 Å². The van der Waals surface area contributed by atoms with Gasteiger partial charge in [0.1, 0.15) is 16.1 Å². The first-order valence-corrected chi connectivity index (χ1v) is 10.4. The zero-order valence-electron chi connectivity index (χ0n) is 13.4. The molecule has 10 heteroatoms. The van der Waals surface area contributed by atoms with Crippen LogP contribution in [0.5, 0.6) is 0 Å². The first-order valence-electron chi connectivity index (χ1n) is 8.06. The number of fused-ring (bicyclic) bond motifs is 1. The van der Waals surface area contributed by atoms with Gasteiger partial charge in [0.15, 0.2) is 11.5 Å². The van der Waals surface area contributed by atoms with Crippen molar-refractivity contribution in [3.8, 4) is 0 Å². The first kappa shape index (κ1) is 16.4. The maximum absolute atomic E-state index is 12.3. The van der Waals surface area contributed by atoms with Crippen LogP contribution in [0.15, 0.2) is 34.4 Å². The van der Waals surface area contributed by atoms with E-state index in [0.717, 1.165) is 37.3 Å². The molecule has 0 spiro atoms. The highest BCUT2D eigenvalue weighted by Gasteiger charge is 2.25. The maximum atomic E-state index is 12.3. The normalized spacial score (nSPS) is 18.7. The summed E-state index contributed by atoms with van der Waals surface area (Å²) in [6.45, 7) is 2.06. The van der Waals surface area contributed by atoms with Crippen LogP contribution in [0.3, 0.4) is 0 Å². The van der Waals surface area contributed by atoms with Crippen molar-refractivity contribution in [2.75, 3.05) is 24.5 Å². The molecular formula is C15H18N6O2S2. The number of anilines is 1. The third-order valence-electron chi connectivity index (χ3n) is 4.34. The minimum atomic E-state index is -3.42. The van der Waals surface area contributed by atoms with Crippen molar-refractivity contribution in [2.24, 2.45) is 5.92 Å². The van der Waals surface area contributed by atoms with E-state index in [1.807, 2.05) is 0 Å². The molecule has 132 valence electrons. The molecule has 0 radical (unpaired) electrons. The molecule has 0 amide bonds. The van der Waals surface area contributed by atoms with Crippen LogP contribution in [0.1, 0.15) is 12.8 Å². The molecule has 4 heterocycles. The van der Waals surface area contributed by atoms with Crippen LogP contribution in [-0.2, 0) is 10.0 Å². The number of piperidine rings is 1. The van der Waals surface area contributed by atoms with E-state index in [0.29, 0.717) is 16.4 Å². The van der Waals surface area contributed by atoms with Gasteiger partial charge >= 0.3 is 0 Å². The molecule has 3 aromatic rings. The van der Waals surface area contributed by atoms with Crippen molar-refractivity contribution >= 4 is 38.3 Å². The SMILES string of the molecule is O=S(=O)(NC[C@H]1CCCN(c2ncnc3nc[nH]c23)C1)c1cccs1. The Morgan fingerprint density at radius 1 is 1.36 bits per heavy atom. The quantitative estimate of drug-likeness (QED) is 0.699. The Hall–Kier alpha value is -2.04. The standard InChI is InChI=1S/C15H18N6O2S2/c22-25(23,12-4-2-6-24-12)20-7-11-3-1-5-21(8-11)15-13-14(17-9-16-13)18-10-19-15/h2,4,6,9-11,20H,1,3,5,7-8H2,(H,16,17,18,19)/t11-/m1/s1. The van der Waals surface area contributed by atoms with Crippen molar-refractivity contribution in [1.29, 1.82) is 0 Å². The van der Waals surface area contributed by atoms with E-state index in [1.165, 1.54) is 17.7 Å². The zero-order chi connectivity index (χ0) is 17.3. The molecule has 25 heavy (non-hydrogen) atoms. The van der Waals surface area contributed by atoms with Crippen molar-refractivity contribution in [3.63, 3.8) is 0 Å². The van der Waals surface area contributed by atoms with Crippen LogP contribution in [0.2, 0.25) is 0 Å². The van der Waals surface area contributed by atoms with Crippen LogP contribution in [0.25, 0.3) is 11.2 Å². The number of thiophene rings is 1. The second-order valence-electron chi connectivity index (χ2n) is 6.04. The Morgan fingerprint density at radius 3 is 3.12 bits per heavy atom. The van der Waals surface area contributed by atoms with E-state index in [9.17, 15) is 8.42 Å². The second-order valence-corrected chi connectivity index (χ2v) is 8.98. The van der Waals surface area contributed by atoms with Gasteiger partial charge in [0.25, 0.3) is 0 Å². The number of hydrogen-bond donors (Lipinski definition) is 2. The minimum absolute atomic E-state index is 0.233. The van der Waals surface area contributed by atoms with Gasteiger partial charge in [-0.2, -0.15) is 0 Å². The number of rotatable bonds is 5. The highest BCUT2D eigenvalue weighted by Crippen LogP contribution is 2.26. The molecule has 1 aliphatic rings. The van der Waals surface area contributed by atoms with E-state index in [2.05, 4.69) is 29.6 Å². The molecule has 1 atom stereocenters. The molecule has 8 nitrogen and oxygen atoms in total. The van der Waals surface area contributed by atoms with Crippen LogP contribution < -0.4 is 9.62 Å². The van der Waals surface area contributed by atoms with E-state index in [-0.39, 0.29) is 5.92 Å². The lowest BCUT2D eigenvalue weighted by molar-refractivity contribution is 0.410. The predicted molar refractivity (Wildman–Crippen MR) is 96.1 cm³/mol. The molecule has 0 bridgehead atoms. The molecule has 0 aromatic carbocycles. The number of sulfonamides is 1. The van der Waals surface area contributed by atoms with Crippen molar-refractivity contribution in [3.05, 3.63) is 30.2 Å². The topological polar surface area (TPSA) is 104 Å². The number of imidazole rings is 1. The summed E-state index contributed by atoms with van der Waals surface area (Å²) in [6, 6.07) is 3.36. The predicted octanol–water partition coefficient (Wildman–Crippen LogP) is 1.61. The van der Waals surface area contributed by atoms with Crippen molar-refractivity contribution in [1.82, 2.24) is 24.7 Å². The molecule has 0 aliphatic carbocycles. The smallest absolute Gasteiger partial charge is 0.250 e. The first-order chi connectivity index (χ1) is 12.1. The van der Waals surface area contributed by atoms with Gasteiger partial charge in [0.2, 0.25) is 10.0 Å². The van der Waals surface area contributed by atoms with Crippen LogP contribution in [0.4, 0.5) is 5.82 Å². The van der Waals surface area contributed by atoms with E-state index >= 15 is 0 Å². The Balaban J connectivity index is 1.46. The fourth-order valence-electron chi connectivity index (χ4n) is 3.13. The lowest BCUT2D eigenvalue weighted by Crippen LogP contribution is -2.41. The zero-order valence-corrected chi connectivity index (χ0v) is 15.1. The number of aromatic nitrogens is 4. The monoisotopic (exact) mass is 378 g/mol. The molecule has 0 unspecified atom stereocenters. The van der Waals surface area contributed by atoms with Gasteiger partial charge in [-0.15, -0.1) is 11.3 Å². The summed E-state index contributed by atoms with van der Waals surface area (Å²) in [7, 11) is -3.42. The highest BCUT2D eigenvalue weighted by molar-refractivity contribution is 7.91. The Labute approximate surface area is 149 Å². The molecule has 2 N–H and O–H groups in total. The average molecular weight is 378 g/mol. The van der Waals surface area contributed by atoms with E-state index in [1.54, 1.807) is 23.8 Å². The van der Waals surface area contributed by atoms with Crippen molar-refractivity contribution < 1.29 is 8.42 Å². The van der Waals surface area contributed by atoms with Crippen LogP contribution in [0, 0.1) is 5.92 Å². The lowest BCUT2D eigenvalue weighted by Gasteiger charge is -2.33. The summed E-state index contributed by atoms with van der Waals surface area (Å²) in [5, 5.41) is 1.77. The van der Waals surface area contributed by atoms with Gasteiger partial charge in [-0.1, -0.05) is 6.07 Å². The number of hydrogen-bond acceptors (Lipinski definition) is 7. The molecule has 0 saturated carbocycles. The number of H-pyrrole nitrogens is 1. The largest absolute Gasteiger partial charge is 0.354 e. The molecule has 1 aliphatic heterocycles. The fourth-order valence-corrected chi connectivity index (χ4v) is 5.28. The van der Waals surface area contributed by atoms with Gasteiger partial charge in [0.05, 0.1) is 6.33 Å². The molecule has 4 rings (SSSR count). The number of aromatic amines is 1. The highest BCUT2D eigenvalue weighted by atomic mass is 32.2. The second kappa shape index (κ2) is 6.70.